The zero-order valence-electron chi connectivity index (χ0n) is 9.92. The van der Waals surface area contributed by atoms with Crippen LogP contribution in [0.2, 0.25) is 0 Å². The summed E-state index contributed by atoms with van der Waals surface area (Å²) in [5, 5.41) is 12.6. The van der Waals surface area contributed by atoms with Gasteiger partial charge in [0.2, 0.25) is 5.91 Å². The number of carbonyl (C=O) groups is 1. The summed E-state index contributed by atoms with van der Waals surface area (Å²) in [5.41, 5.74) is -0.843. The molecule has 0 rings (SSSR count). The van der Waals surface area contributed by atoms with Crippen LogP contribution in [0.15, 0.2) is 12.7 Å². The van der Waals surface area contributed by atoms with E-state index in [1.807, 2.05) is 6.92 Å². The number of rotatable bonds is 7. The van der Waals surface area contributed by atoms with E-state index in [0.717, 1.165) is 0 Å². The molecule has 1 amide bonds. The molecule has 0 aromatic rings. The smallest absolute Gasteiger partial charge is 0.236 e. The molecule has 0 aromatic carbocycles. The lowest BCUT2D eigenvalue weighted by Crippen LogP contribution is -2.45. The third-order valence-electron chi connectivity index (χ3n) is 1.88. The molecule has 0 heterocycles. The normalized spacial score (nSPS) is 11.2. The molecule has 2 N–H and O–H groups in total. The highest BCUT2D eigenvalue weighted by molar-refractivity contribution is 5.78. The molecule has 0 bridgehead atoms. The SMILES string of the molecule is C=CCNCC(=O)N(CC)CC(C)(C)O. The van der Waals surface area contributed by atoms with E-state index < -0.39 is 5.60 Å². The number of aliphatic hydroxyl groups is 1. The molecule has 0 aliphatic carbocycles. The Hall–Kier alpha value is -0.870. The van der Waals surface area contributed by atoms with Gasteiger partial charge in [0, 0.05) is 19.6 Å². The molecule has 0 radical (unpaired) electrons. The molecule has 0 saturated carbocycles. The Labute approximate surface area is 92.0 Å². The van der Waals surface area contributed by atoms with Gasteiger partial charge in [-0.25, -0.2) is 0 Å². The zero-order chi connectivity index (χ0) is 11.9. The molecule has 0 saturated heterocycles. The van der Waals surface area contributed by atoms with E-state index in [9.17, 15) is 9.90 Å². The summed E-state index contributed by atoms with van der Waals surface area (Å²) < 4.78 is 0. The predicted molar refractivity (Wildman–Crippen MR) is 61.6 cm³/mol. The number of amides is 1. The van der Waals surface area contributed by atoms with Crippen molar-refractivity contribution in [2.75, 3.05) is 26.2 Å². The van der Waals surface area contributed by atoms with Crippen molar-refractivity contribution >= 4 is 5.91 Å². The van der Waals surface area contributed by atoms with E-state index in [-0.39, 0.29) is 12.5 Å². The Balaban J connectivity index is 4.05. The fourth-order valence-corrected chi connectivity index (χ4v) is 1.24. The van der Waals surface area contributed by atoms with Gasteiger partial charge in [0.25, 0.3) is 0 Å². The van der Waals surface area contributed by atoms with Crippen molar-refractivity contribution in [1.29, 1.82) is 0 Å². The van der Waals surface area contributed by atoms with E-state index in [0.29, 0.717) is 19.6 Å². The molecule has 0 aromatic heterocycles. The second-order valence-electron chi connectivity index (χ2n) is 4.14. The van der Waals surface area contributed by atoms with Crippen molar-refractivity contribution in [3.63, 3.8) is 0 Å². The van der Waals surface area contributed by atoms with Crippen LogP contribution in [0.3, 0.4) is 0 Å². The zero-order valence-corrected chi connectivity index (χ0v) is 9.92. The first-order valence-electron chi connectivity index (χ1n) is 5.22. The van der Waals surface area contributed by atoms with Crippen LogP contribution in [0, 0.1) is 0 Å². The molecule has 4 nitrogen and oxygen atoms in total. The van der Waals surface area contributed by atoms with Crippen molar-refractivity contribution in [2.45, 2.75) is 26.4 Å². The molecular weight excluding hydrogens is 192 g/mol. The van der Waals surface area contributed by atoms with Crippen LogP contribution >= 0.6 is 0 Å². The highest BCUT2D eigenvalue weighted by atomic mass is 16.3. The summed E-state index contributed by atoms with van der Waals surface area (Å²) >= 11 is 0. The fraction of sp³-hybridized carbons (Fsp3) is 0.727. The lowest BCUT2D eigenvalue weighted by molar-refractivity contribution is -0.132. The molecule has 0 unspecified atom stereocenters. The molecule has 4 heteroatoms. The van der Waals surface area contributed by atoms with Crippen molar-refractivity contribution in [3.05, 3.63) is 12.7 Å². The number of likely N-dealkylation sites (N-methyl/N-ethyl adjacent to an activating group) is 1. The van der Waals surface area contributed by atoms with Gasteiger partial charge in [-0.15, -0.1) is 6.58 Å². The second kappa shape index (κ2) is 6.58. The summed E-state index contributed by atoms with van der Waals surface area (Å²) in [5.74, 6) is 0.00137. The summed E-state index contributed by atoms with van der Waals surface area (Å²) in [4.78, 5) is 13.3. The first-order valence-corrected chi connectivity index (χ1v) is 5.22. The molecule has 88 valence electrons. The average Bonchev–Trinajstić information content (AvgIpc) is 2.13. The summed E-state index contributed by atoms with van der Waals surface area (Å²) in [6.45, 7) is 10.7. The van der Waals surface area contributed by atoms with E-state index in [1.54, 1.807) is 24.8 Å². The minimum Gasteiger partial charge on any atom is -0.389 e. The van der Waals surface area contributed by atoms with Crippen LogP contribution in [0.1, 0.15) is 20.8 Å². The molecular formula is C11H22N2O2. The second-order valence-corrected chi connectivity index (χ2v) is 4.14. The van der Waals surface area contributed by atoms with Gasteiger partial charge in [-0.1, -0.05) is 6.08 Å². The Kier molecular flexibility index (Phi) is 6.20. The Morgan fingerprint density at radius 1 is 1.60 bits per heavy atom. The highest BCUT2D eigenvalue weighted by Crippen LogP contribution is 2.04. The van der Waals surface area contributed by atoms with Gasteiger partial charge in [0.1, 0.15) is 0 Å². The third-order valence-corrected chi connectivity index (χ3v) is 1.88. The number of carbonyl (C=O) groups excluding carboxylic acids is 1. The fourth-order valence-electron chi connectivity index (χ4n) is 1.24. The van der Waals surface area contributed by atoms with Gasteiger partial charge in [-0.2, -0.15) is 0 Å². The monoisotopic (exact) mass is 214 g/mol. The van der Waals surface area contributed by atoms with E-state index in [2.05, 4.69) is 11.9 Å². The van der Waals surface area contributed by atoms with Gasteiger partial charge in [0.15, 0.2) is 0 Å². The van der Waals surface area contributed by atoms with Crippen LogP contribution in [0.25, 0.3) is 0 Å². The molecule has 0 aliphatic rings. The largest absolute Gasteiger partial charge is 0.389 e. The molecule has 0 aliphatic heterocycles. The number of hydrogen-bond donors (Lipinski definition) is 2. The molecule has 0 atom stereocenters. The topological polar surface area (TPSA) is 52.6 Å². The lowest BCUT2D eigenvalue weighted by atomic mass is 10.1. The van der Waals surface area contributed by atoms with Crippen molar-refractivity contribution < 1.29 is 9.90 Å². The summed E-state index contributed by atoms with van der Waals surface area (Å²) in [6.07, 6.45) is 1.71. The predicted octanol–water partition coefficient (Wildman–Crippen LogP) is 0.381. The van der Waals surface area contributed by atoms with Crippen LogP contribution in [0.5, 0.6) is 0 Å². The van der Waals surface area contributed by atoms with Crippen LogP contribution in [-0.4, -0.2) is 47.7 Å². The quantitative estimate of drug-likeness (QED) is 0.476. The van der Waals surface area contributed by atoms with E-state index >= 15 is 0 Å². The summed E-state index contributed by atoms with van der Waals surface area (Å²) in [7, 11) is 0. The summed E-state index contributed by atoms with van der Waals surface area (Å²) in [6, 6.07) is 0. The first-order chi connectivity index (χ1) is 6.90. The van der Waals surface area contributed by atoms with E-state index in [4.69, 9.17) is 0 Å². The number of nitrogens with zero attached hydrogens (tertiary/aromatic N) is 1. The molecule has 0 spiro atoms. The maximum atomic E-state index is 11.6. The molecule has 0 fully saturated rings. The minimum atomic E-state index is -0.843. The van der Waals surface area contributed by atoms with Crippen molar-refractivity contribution in [3.8, 4) is 0 Å². The van der Waals surface area contributed by atoms with E-state index in [1.165, 1.54) is 0 Å². The third kappa shape index (κ3) is 7.11. The van der Waals surface area contributed by atoms with Crippen LogP contribution < -0.4 is 5.32 Å². The van der Waals surface area contributed by atoms with Gasteiger partial charge in [-0.3, -0.25) is 4.79 Å². The van der Waals surface area contributed by atoms with Gasteiger partial charge >= 0.3 is 0 Å². The maximum Gasteiger partial charge on any atom is 0.236 e. The molecule has 15 heavy (non-hydrogen) atoms. The number of nitrogens with one attached hydrogen (secondary N) is 1. The Morgan fingerprint density at radius 2 is 2.20 bits per heavy atom. The minimum absolute atomic E-state index is 0.00137. The Morgan fingerprint density at radius 3 is 2.60 bits per heavy atom. The standard InChI is InChI=1S/C11H22N2O2/c1-5-7-12-8-10(14)13(6-2)9-11(3,4)15/h5,12,15H,1,6-9H2,2-4H3. The lowest BCUT2D eigenvalue weighted by Gasteiger charge is -2.28. The Bertz CT molecular complexity index is 209. The van der Waals surface area contributed by atoms with Gasteiger partial charge in [0.05, 0.1) is 12.1 Å². The van der Waals surface area contributed by atoms with Crippen molar-refractivity contribution in [1.82, 2.24) is 10.2 Å². The van der Waals surface area contributed by atoms with Crippen LogP contribution in [0.4, 0.5) is 0 Å². The average molecular weight is 214 g/mol. The highest BCUT2D eigenvalue weighted by Gasteiger charge is 2.20. The number of hydrogen-bond acceptors (Lipinski definition) is 3. The maximum absolute atomic E-state index is 11.6. The first kappa shape index (κ1) is 14.1. The van der Waals surface area contributed by atoms with Crippen LogP contribution in [-0.2, 0) is 4.79 Å². The van der Waals surface area contributed by atoms with Gasteiger partial charge in [-0.05, 0) is 20.8 Å². The van der Waals surface area contributed by atoms with Crippen molar-refractivity contribution in [2.24, 2.45) is 0 Å². The van der Waals surface area contributed by atoms with Gasteiger partial charge < -0.3 is 15.3 Å².